The Morgan fingerprint density at radius 1 is 1.11 bits per heavy atom. The highest BCUT2D eigenvalue weighted by molar-refractivity contribution is 6.31. The van der Waals surface area contributed by atoms with Crippen molar-refractivity contribution in [1.29, 1.82) is 0 Å². The summed E-state index contributed by atoms with van der Waals surface area (Å²) >= 11 is 6.01. The monoisotopic (exact) mass is 332 g/mol. The van der Waals surface area contributed by atoms with Gasteiger partial charge in [-0.05, 0) is 11.6 Å². The molecule has 0 unspecified atom stereocenters. The van der Waals surface area contributed by atoms with Gasteiger partial charge in [-0.1, -0.05) is 29.8 Å². The maximum Gasteiger partial charge on any atom is 0.258 e. The maximum atomic E-state index is 13.2. The standard InChI is InChI=1S/C12H15ClF2N2.2ClH/c13-10-4-2-1-3-9(10)11(12(14)15)17-7-5-16-6-8-17;;/h1-4,11-12,16H,5-8H2;2*1H/t11-;;/m0../s1. The van der Waals surface area contributed by atoms with Crippen LogP contribution in [0, 0.1) is 0 Å². The lowest BCUT2D eigenvalue weighted by Gasteiger charge is -2.35. The predicted octanol–water partition coefficient (Wildman–Crippen LogP) is 3.40. The molecule has 1 heterocycles. The summed E-state index contributed by atoms with van der Waals surface area (Å²) < 4.78 is 26.5. The summed E-state index contributed by atoms with van der Waals surface area (Å²) in [6, 6.07) is 5.95. The van der Waals surface area contributed by atoms with Gasteiger partial charge in [-0.25, -0.2) is 8.78 Å². The molecule has 0 aliphatic carbocycles. The minimum Gasteiger partial charge on any atom is -0.314 e. The molecule has 1 saturated heterocycles. The Kier molecular flexibility index (Phi) is 8.86. The average Bonchev–Trinajstić information content (AvgIpc) is 2.33. The number of benzene rings is 1. The average molecular weight is 334 g/mol. The summed E-state index contributed by atoms with van der Waals surface area (Å²) in [5.41, 5.74) is 0.520. The van der Waals surface area contributed by atoms with E-state index in [0.29, 0.717) is 23.7 Å². The molecule has 0 spiro atoms. The topological polar surface area (TPSA) is 15.3 Å². The molecule has 0 radical (unpaired) electrons. The SMILES string of the molecule is Cl.Cl.FC(F)[C@H](c1ccccc1Cl)N1CCNCC1. The largest absolute Gasteiger partial charge is 0.314 e. The van der Waals surface area contributed by atoms with Crippen molar-refractivity contribution >= 4 is 36.4 Å². The highest BCUT2D eigenvalue weighted by Gasteiger charge is 2.31. The van der Waals surface area contributed by atoms with Crippen LogP contribution >= 0.6 is 36.4 Å². The Morgan fingerprint density at radius 2 is 1.68 bits per heavy atom. The normalized spacial score (nSPS) is 17.5. The molecule has 2 nitrogen and oxygen atoms in total. The summed E-state index contributed by atoms with van der Waals surface area (Å²) in [5, 5.41) is 3.57. The minimum atomic E-state index is -2.42. The van der Waals surface area contributed by atoms with Crippen molar-refractivity contribution in [2.75, 3.05) is 26.2 Å². The third kappa shape index (κ3) is 4.72. The Labute approximate surface area is 129 Å². The molecular formula is C12H17Cl3F2N2. The lowest BCUT2D eigenvalue weighted by molar-refractivity contribution is 0.0182. The fraction of sp³-hybridized carbons (Fsp3) is 0.500. The molecule has 0 aromatic heterocycles. The van der Waals surface area contributed by atoms with Gasteiger partial charge in [-0.15, -0.1) is 24.8 Å². The van der Waals surface area contributed by atoms with Gasteiger partial charge in [0.2, 0.25) is 0 Å². The first kappa shape index (κ1) is 18.9. The van der Waals surface area contributed by atoms with Crippen molar-refractivity contribution in [2.24, 2.45) is 0 Å². The van der Waals surface area contributed by atoms with Gasteiger partial charge < -0.3 is 5.32 Å². The molecule has 1 fully saturated rings. The summed E-state index contributed by atoms with van der Waals surface area (Å²) in [6.07, 6.45) is -2.42. The van der Waals surface area contributed by atoms with Gasteiger partial charge in [0.25, 0.3) is 6.43 Å². The minimum absolute atomic E-state index is 0. The number of nitrogens with zero attached hydrogens (tertiary/aromatic N) is 1. The first-order valence-corrected chi connectivity index (χ1v) is 6.05. The Bertz CT molecular complexity index is 374. The molecule has 1 aliphatic rings. The number of rotatable bonds is 3. The number of hydrogen-bond acceptors (Lipinski definition) is 2. The van der Waals surface area contributed by atoms with E-state index in [2.05, 4.69) is 5.32 Å². The first-order valence-electron chi connectivity index (χ1n) is 5.67. The van der Waals surface area contributed by atoms with Gasteiger partial charge in [0.1, 0.15) is 0 Å². The molecule has 0 amide bonds. The van der Waals surface area contributed by atoms with Gasteiger partial charge in [0.05, 0.1) is 6.04 Å². The summed E-state index contributed by atoms with van der Waals surface area (Å²) in [7, 11) is 0. The van der Waals surface area contributed by atoms with Gasteiger partial charge in [-0.3, -0.25) is 4.90 Å². The molecule has 2 rings (SSSR count). The van der Waals surface area contributed by atoms with Gasteiger partial charge in [0, 0.05) is 31.2 Å². The van der Waals surface area contributed by atoms with E-state index < -0.39 is 12.5 Å². The molecule has 0 saturated carbocycles. The number of piperazine rings is 1. The van der Waals surface area contributed by atoms with Crippen LogP contribution in [-0.4, -0.2) is 37.5 Å². The van der Waals surface area contributed by atoms with Crippen molar-refractivity contribution in [1.82, 2.24) is 10.2 Å². The fourth-order valence-corrected chi connectivity index (χ4v) is 2.41. The molecule has 19 heavy (non-hydrogen) atoms. The van der Waals surface area contributed by atoms with Crippen molar-refractivity contribution < 1.29 is 8.78 Å². The second kappa shape index (κ2) is 8.93. The second-order valence-corrected chi connectivity index (χ2v) is 4.49. The van der Waals surface area contributed by atoms with Crippen LogP contribution in [0.25, 0.3) is 0 Å². The Balaban J connectivity index is 0.00000162. The van der Waals surface area contributed by atoms with Crippen LogP contribution in [0.3, 0.4) is 0 Å². The van der Waals surface area contributed by atoms with Crippen LogP contribution in [0.15, 0.2) is 24.3 Å². The zero-order valence-corrected chi connectivity index (χ0v) is 12.6. The smallest absolute Gasteiger partial charge is 0.258 e. The molecule has 7 heteroatoms. The van der Waals surface area contributed by atoms with E-state index in [0.717, 1.165) is 13.1 Å². The van der Waals surface area contributed by atoms with Gasteiger partial charge >= 0.3 is 0 Å². The summed E-state index contributed by atoms with van der Waals surface area (Å²) in [4.78, 5) is 1.79. The van der Waals surface area contributed by atoms with Crippen LogP contribution in [0.5, 0.6) is 0 Å². The van der Waals surface area contributed by atoms with Crippen LogP contribution in [0.2, 0.25) is 5.02 Å². The van der Waals surface area contributed by atoms with E-state index in [9.17, 15) is 8.78 Å². The zero-order valence-electron chi connectivity index (χ0n) is 10.2. The Hall–Kier alpha value is -0.130. The first-order chi connectivity index (χ1) is 8.20. The van der Waals surface area contributed by atoms with E-state index in [1.54, 1.807) is 29.2 Å². The number of alkyl halides is 2. The van der Waals surface area contributed by atoms with Crippen molar-refractivity contribution in [3.8, 4) is 0 Å². The van der Waals surface area contributed by atoms with E-state index in [1.807, 2.05) is 0 Å². The lowest BCUT2D eigenvalue weighted by Crippen LogP contribution is -2.47. The van der Waals surface area contributed by atoms with Crippen molar-refractivity contribution in [2.45, 2.75) is 12.5 Å². The Morgan fingerprint density at radius 3 is 2.21 bits per heavy atom. The molecule has 110 valence electrons. The zero-order chi connectivity index (χ0) is 12.3. The van der Waals surface area contributed by atoms with E-state index in [1.165, 1.54) is 0 Å². The predicted molar refractivity (Wildman–Crippen MR) is 79.1 cm³/mol. The van der Waals surface area contributed by atoms with Gasteiger partial charge in [0.15, 0.2) is 0 Å². The molecule has 1 aliphatic heterocycles. The van der Waals surface area contributed by atoms with Crippen LogP contribution < -0.4 is 5.32 Å². The third-order valence-electron chi connectivity index (χ3n) is 3.01. The van der Waals surface area contributed by atoms with E-state index in [-0.39, 0.29) is 24.8 Å². The number of halogens is 5. The molecule has 1 aromatic carbocycles. The van der Waals surface area contributed by atoms with Crippen LogP contribution in [-0.2, 0) is 0 Å². The van der Waals surface area contributed by atoms with Crippen molar-refractivity contribution in [3.63, 3.8) is 0 Å². The number of nitrogens with one attached hydrogen (secondary N) is 1. The molecule has 1 N–H and O–H groups in total. The summed E-state index contributed by atoms with van der Waals surface area (Å²) in [6.45, 7) is 2.74. The molecule has 1 atom stereocenters. The third-order valence-corrected chi connectivity index (χ3v) is 3.35. The molecule has 0 bridgehead atoms. The van der Waals surface area contributed by atoms with Crippen LogP contribution in [0.4, 0.5) is 8.78 Å². The van der Waals surface area contributed by atoms with Gasteiger partial charge in [-0.2, -0.15) is 0 Å². The highest BCUT2D eigenvalue weighted by Crippen LogP contribution is 2.32. The second-order valence-electron chi connectivity index (χ2n) is 4.09. The molecular weight excluding hydrogens is 317 g/mol. The highest BCUT2D eigenvalue weighted by atomic mass is 35.5. The summed E-state index contributed by atoms with van der Waals surface area (Å²) in [5.74, 6) is 0. The lowest BCUT2D eigenvalue weighted by atomic mass is 10.0. The number of hydrogen-bond donors (Lipinski definition) is 1. The van der Waals surface area contributed by atoms with E-state index >= 15 is 0 Å². The fourth-order valence-electron chi connectivity index (χ4n) is 2.17. The maximum absolute atomic E-state index is 13.2. The van der Waals surface area contributed by atoms with Crippen molar-refractivity contribution in [3.05, 3.63) is 34.9 Å². The molecule has 1 aromatic rings. The van der Waals surface area contributed by atoms with Crippen LogP contribution in [0.1, 0.15) is 11.6 Å². The van der Waals surface area contributed by atoms with E-state index in [4.69, 9.17) is 11.6 Å². The quantitative estimate of drug-likeness (QED) is 0.912.